The highest BCUT2D eigenvalue weighted by Crippen LogP contribution is 2.37. The fourth-order valence-corrected chi connectivity index (χ4v) is 6.98. The average molecular weight is 489 g/mol. The highest BCUT2D eigenvalue weighted by atomic mass is 32.2. The van der Waals surface area contributed by atoms with E-state index < -0.39 is 16.1 Å². The molecule has 2 aliphatic heterocycles. The predicted molar refractivity (Wildman–Crippen MR) is 133 cm³/mol. The van der Waals surface area contributed by atoms with Crippen LogP contribution in [0, 0.1) is 5.92 Å². The molecule has 2 fully saturated rings. The maximum atomic E-state index is 13.9. The first-order valence-electron chi connectivity index (χ1n) is 11.9. The van der Waals surface area contributed by atoms with Crippen LogP contribution in [0.25, 0.3) is 11.3 Å². The Morgan fingerprint density at radius 3 is 2.49 bits per heavy atom. The molecule has 0 saturated carbocycles. The maximum Gasteiger partial charge on any atom is 0.245 e. The predicted octanol–water partition coefficient (Wildman–Crippen LogP) is 3.90. The molecule has 8 heteroatoms. The van der Waals surface area contributed by atoms with Crippen LogP contribution in [0.1, 0.15) is 25.0 Å². The first-order chi connectivity index (χ1) is 17.0. The van der Waals surface area contributed by atoms with Gasteiger partial charge in [-0.05, 0) is 43.5 Å². The van der Waals surface area contributed by atoms with Gasteiger partial charge in [-0.3, -0.25) is 14.8 Å². The summed E-state index contributed by atoms with van der Waals surface area (Å²) in [5.74, 6) is -0.360. The summed E-state index contributed by atoms with van der Waals surface area (Å²) in [5.41, 5.74) is 2.38. The van der Waals surface area contributed by atoms with Gasteiger partial charge >= 0.3 is 0 Å². The van der Waals surface area contributed by atoms with Crippen molar-refractivity contribution in [2.45, 2.75) is 42.8 Å². The molecule has 180 valence electrons. The van der Waals surface area contributed by atoms with Gasteiger partial charge in [-0.1, -0.05) is 42.5 Å². The standard InChI is InChI=1S/C27H28N4O3S/c1-2-20-18-30(19-22-11-6-7-16-28-22)27(32)26-13-8-12-25(20)31(26)35(33,34)23-14-15-24(29-17-23)21-9-4-3-5-10-21/h2-7,9-11,14-17,20,25-26H,1,8,12-13,18-19H2/t20-,25?,26?/m0/s1. The largest absolute Gasteiger partial charge is 0.335 e. The second-order valence-corrected chi connectivity index (χ2v) is 10.9. The Hall–Kier alpha value is -3.36. The molecule has 2 aliphatic rings. The SMILES string of the molecule is C=C[C@H]1CN(Cc2ccccn2)C(=O)C2CCCC1N2S(=O)(=O)c1ccc(-c2ccccc2)nc1. The van der Waals surface area contributed by atoms with Crippen LogP contribution in [-0.4, -0.2) is 52.1 Å². The van der Waals surface area contributed by atoms with Gasteiger partial charge in [0.25, 0.3) is 0 Å². The van der Waals surface area contributed by atoms with E-state index in [1.165, 1.54) is 10.5 Å². The Balaban J connectivity index is 1.49. The quantitative estimate of drug-likeness (QED) is 0.492. The van der Waals surface area contributed by atoms with Crippen molar-refractivity contribution in [2.24, 2.45) is 5.92 Å². The molecule has 1 aromatic carbocycles. The van der Waals surface area contributed by atoms with Crippen LogP contribution in [0.2, 0.25) is 0 Å². The molecule has 7 nitrogen and oxygen atoms in total. The van der Waals surface area contributed by atoms with E-state index >= 15 is 0 Å². The number of sulfonamides is 1. The number of piperidine rings is 1. The molecule has 0 spiro atoms. The number of hydrogen-bond donors (Lipinski definition) is 0. The third kappa shape index (κ3) is 4.51. The first-order valence-corrected chi connectivity index (χ1v) is 13.3. The van der Waals surface area contributed by atoms with E-state index in [4.69, 9.17) is 0 Å². The number of fused-ring (bicyclic) bond motifs is 2. The van der Waals surface area contributed by atoms with Crippen LogP contribution in [0.15, 0.2) is 90.6 Å². The van der Waals surface area contributed by atoms with E-state index in [0.29, 0.717) is 31.6 Å². The number of rotatable bonds is 6. The van der Waals surface area contributed by atoms with Gasteiger partial charge in [0.1, 0.15) is 10.9 Å². The lowest BCUT2D eigenvalue weighted by atomic mass is 9.90. The number of nitrogens with zero attached hydrogens (tertiary/aromatic N) is 4. The van der Waals surface area contributed by atoms with Gasteiger partial charge in [0.15, 0.2) is 0 Å². The summed E-state index contributed by atoms with van der Waals surface area (Å²) < 4.78 is 29.3. The van der Waals surface area contributed by atoms with Gasteiger partial charge in [-0.2, -0.15) is 4.31 Å². The molecule has 0 aliphatic carbocycles. The van der Waals surface area contributed by atoms with Crippen LogP contribution in [0.4, 0.5) is 0 Å². The Morgan fingerprint density at radius 2 is 1.80 bits per heavy atom. The third-order valence-corrected chi connectivity index (χ3v) is 8.81. The second-order valence-electron chi connectivity index (χ2n) is 9.03. The van der Waals surface area contributed by atoms with Gasteiger partial charge in [0, 0.05) is 36.5 Å². The summed E-state index contributed by atoms with van der Waals surface area (Å²) in [7, 11) is -3.96. The fourth-order valence-electron chi connectivity index (χ4n) is 5.16. The van der Waals surface area contributed by atoms with E-state index in [1.54, 1.807) is 29.3 Å². The number of aromatic nitrogens is 2. The molecule has 3 atom stereocenters. The number of carbonyl (C=O) groups is 1. The minimum atomic E-state index is -3.96. The van der Waals surface area contributed by atoms with Crippen LogP contribution in [-0.2, 0) is 21.4 Å². The van der Waals surface area contributed by atoms with E-state index in [-0.39, 0.29) is 22.8 Å². The third-order valence-electron chi connectivity index (χ3n) is 6.90. The molecule has 0 radical (unpaired) electrons. The Bertz CT molecular complexity index is 1300. The molecule has 4 heterocycles. The van der Waals surface area contributed by atoms with Crippen molar-refractivity contribution in [1.29, 1.82) is 0 Å². The zero-order chi connectivity index (χ0) is 24.4. The van der Waals surface area contributed by atoms with E-state index in [2.05, 4.69) is 16.5 Å². The summed E-state index contributed by atoms with van der Waals surface area (Å²) in [6.07, 6.45) is 6.86. The van der Waals surface area contributed by atoms with Crippen molar-refractivity contribution in [2.75, 3.05) is 6.54 Å². The number of pyridine rings is 2. The first kappa shape index (κ1) is 23.4. The molecule has 0 N–H and O–H groups in total. The average Bonchev–Trinajstić information content (AvgIpc) is 2.97. The summed E-state index contributed by atoms with van der Waals surface area (Å²) in [4.78, 5) is 24.3. The van der Waals surface area contributed by atoms with Crippen LogP contribution in [0.5, 0.6) is 0 Å². The van der Waals surface area contributed by atoms with Crippen LogP contribution in [0.3, 0.4) is 0 Å². The normalized spacial score (nSPS) is 23.0. The molecule has 1 amide bonds. The maximum absolute atomic E-state index is 13.9. The molecule has 2 unspecified atom stereocenters. The molecular weight excluding hydrogens is 460 g/mol. The van der Waals surface area contributed by atoms with Gasteiger partial charge in [-0.15, -0.1) is 6.58 Å². The second kappa shape index (κ2) is 9.71. The van der Waals surface area contributed by atoms with Crippen LogP contribution < -0.4 is 0 Å². The lowest BCUT2D eigenvalue weighted by Crippen LogP contribution is -2.54. The number of amides is 1. The molecule has 35 heavy (non-hydrogen) atoms. The van der Waals surface area contributed by atoms with E-state index in [0.717, 1.165) is 17.7 Å². The molecule has 2 bridgehead atoms. The monoisotopic (exact) mass is 488 g/mol. The van der Waals surface area contributed by atoms with E-state index in [1.807, 2.05) is 48.5 Å². The van der Waals surface area contributed by atoms with Gasteiger partial charge in [0.2, 0.25) is 15.9 Å². The molecule has 2 saturated heterocycles. The minimum absolute atomic E-state index is 0.0999. The summed E-state index contributed by atoms with van der Waals surface area (Å²) in [6, 6.07) is 17.4. The number of carbonyl (C=O) groups excluding carboxylic acids is 1. The van der Waals surface area contributed by atoms with Crippen molar-refractivity contribution in [3.8, 4) is 11.3 Å². The van der Waals surface area contributed by atoms with Crippen molar-refractivity contribution in [1.82, 2.24) is 19.2 Å². The van der Waals surface area contributed by atoms with Gasteiger partial charge in [0.05, 0.1) is 17.9 Å². The zero-order valence-corrected chi connectivity index (χ0v) is 20.2. The summed E-state index contributed by atoms with van der Waals surface area (Å²) in [5, 5.41) is 0. The fraction of sp³-hybridized carbons (Fsp3) is 0.296. The van der Waals surface area contributed by atoms with Crippen molar-refractivity contribution < 1.29 is 13.2 Å². The van der Waals surface area contributed by atoms with Crippen molar-refractivity contribution in [3.63, 3.8) is 0 Å². The van der Waals surface area contributed by atoms with Crippen LogP contribution >= 0.6 is 0 Å². The summed E-state index contributed by atoms with van der Waals surface area (Å²) >= 11 is 0. The smallest absolute Gasteiger partial charge is 0.245 e. The minimum Gasteiger partial charge on any atom is -0.335 e. The lowest BCUT2D eigenvalue weighted by Gasteiger charge is -2.40. The van der Waals surface area contributed by atoms with Gasteiger partial charge < -0.3 is 4.90 Å². The Morgan fingerprint density at radius 1 is 1.00 bits per heavy atom. The zero-order valence-electron chi connectivity index (χ0n) is 19.4. The van der Waals surface area contributed by atoms with E-state index in [9.17, 15) is 13.2 Å². The topological polar surface area (TPSA) is 83.5 Å². The highest BCUT2D eigenvalue weighted by Gasteiger charge is 2.49. The number of benzene rings is 1. The Labute approximate surface area is 206 Å². The van der Waals surface area contributed by atoms with Gasteiger partial charge in [-0.25, -0.2) is 8.42 Å². The lowest BCUT2D eigenvalue weighted by molar-refractivity contribution is -0.135. The number of hydrogen-bond acceptors (Lipinski definition) is 5. The molecule has 5 rings (SSSR count). The summed E-state index contributed by atoms with van der Waals surface area (Å²) in [6.45, 7) is 4.74. The van der Waals surface area contributed by atoms with Crippen molar-refractivity contribution in [3.05, 3.63) is 91.4 Å². The molecule has 2 aromatic heterocycles. The van der Waals surface area contributed by atoms with Crippen molar-refractivity contribution >= 4 is 15.9 Å². The Kier molecular flexibility index (Phi) is 6.49. The highest BCUT2D eigenvalue weighted by molar-refractivity contribution is 7.89. The molecule has 3 aromatic rings. The molecular formula is C27H28N4O3S.